The van der Waals surface area contributed by atoms with Crippen LogP contribution < -0.4 is 11.3 Å². The highest BCUT2D eigenvalue weighted by atomic mass is 19.1. The molecule has 2 aromatic heterocycles. The Morgan fingerprint density at radius 2 is 2.03 bits per heavy atom. The van der Waals surface area contributed by atoms with Gasteiger partial charge in [0.2, 0.25) is 0 Å². The molecule has 0 saturated carbocycles. The fourth-order valence-electron chi connectivity index (χ4n) is 3.26. The minimum atomic E-state index is -0.694. The van der Waals surface area contributed by atoms with Crippen LogP contribution in [0.15, 0.2) is 65.7 Å². The van der Waals surface area contributed by atoms with Gasteiger partial charge in [-0.25, -0.2) is 9.37 Å². The lowest BCUT2D eigenvalue weighted by Gasteiger charge is -2.12. The van der Waals surface area contributed by atoms with Crippen LogP contribution >= 0.6 is 0 Å². The molecule has 0 atom stereocenters. The van der Waals surface area contributed by atoms with Gasteiger partial charge < -0.3 is 10.9 Å². The quantitative estimate of drug-likeness (QED) is 0.222. The summed E-state index contributed by atoms with van der Waals surface area (Å²) in [4.78, 5) is 4.41. The maximum atomic E-state index is 14.6. The van der Waals surface area contributed by atoms with Gasteiger partial charge in [0.1, 0.15) is 17.6 Å². The number of fused-ring (bicyclic) bond motifs is 1. The van der Waals surface area contributed by atoms with Crippen LogP contribution in [0.2, 0.25) is 0 Å². The van der Waals surface area contributed by atoms with E-state index in [1.807, 2.05) is 0 Å². The molecule has 0 aliphatic rings. The molecule has 31 heavy (non-hydrogen) atoms. The lowest BCUT2D eigenvalue weighted by molar-refractivity contribution is 0.469. The van der Waals surface area contributed by atoms with E-state index >= 15 is 0 Å². The van der Waals surface area contributed by atoms with Crippen LogP contribution in [0.1, 0.15) is 11.1 Å². The molecule has 0 aliphatic heterocycles. The number of H-pyrrole nitrogens is 1. The van der Waals surface area contributed by atoms with Crippen molar-refractivity contribution in [2.45, 2.75) is 0 Å². The van der Waals surface area contributed by atoms with Gasteiger partial charge in [0.25, 0.3) is 0 Å². The summed E-state index contributed by atoms with van der Waals surface area (Å²) in [6.07, 6.45) is 1.56. The molecule has 4 rings (SSSR count). The van der Waals surface area contributed by atoms with Crippen LogP contribution in [0.25, 0.3) is 39.1 Å². The Kier molecular flexibility index (Phi) is 4.99. The van der Waals surface area contributed by atoms with Gasteiger partial charge >= 0.3 is 0 Å². The number of pyridine rings is 1. The molecule has 0 amide bonds. The maximum absolute atomic E-state index is 14.6. The molecule has 0 spiro atoms. The third-order valence-electron chi connectivity index (χ3n) is 4.68. The number of nitriles is 1. The molecular formula is C21H15FN8O. The number of hydrogen-bond donors (Lipinski definition) is 4. The normalized spacial score (nSPS) is 11.0. The number of hydrogen-bond acceptors (Lipinski definition) is 6. The van der Waals surface area contributed by atoms with Crippen molar-refractivity contribution in [1.29, 1.82) is 5.26 Å². The van der Waals surface area contributed by atoms with Crippen molar-refractivity contribution in [2.75, 3.05) is 0 Å². The molecule has 9 nitrogen and oxygen atoms in total. The Morgan fingerprint density at radius 1 is 1.26 bits per heavy atom. The number of aromatic nitrogens is 3. The molecule has 0 aliphatic carbocycles. The Labute approximate surface area is 175 Å². The largest absolute Gasteiger partial charge is 0.508 e. The number of benzene rings is 2. The second-order valence-electron chi connectivity index (χ2n) is 6.50. The molecular weight excluding hydrogens is 399 g/mol. The molecule has 4 aromatic rings. The molecule has 2 heterocycles. The van der Waals surface area contributed by atoms with E-state index in [0.29, 0.717) is 27.9 Å². The monoisotopic (exact) mass is 414 g/mol. The predicted molar refractivity (Wildman–Crippen MR) is 112 cm³/mol. The van der Waals surface area contributed by atoms with Crippen LogP contribution in [-0.2, 0) is 0 Å². The van der Waals surface area contributed by atoms with Crippen molar-refractivity contribution < 1.29 is 9.50 Å². The van der Waals surface area contributed by atoms with Crippen LogP contribution in [0, 0.1) is 17.1 Å². The van der Waals surface area contributed by atoms with Crippen molar-refractivity contribution >= 4 is 16.7 Å². The average Bonchev–Trinajstić information content (AvgIpc) is 3.24. The standard InChI is InChI=1S/C21H15FN8O/c1-11(27-30-29-24)12-2-4-13(5-3-12)19-16(9-23)20(26-21-17(19)10-25-28-21)15-7-6-14(31)8-18(15)22/h2-8,10,31H,1H2,(H2,24,30)(H,27,29)(H,25,26,28). The lowest BCUT2D eigenvalue weighted by atomic mass is 9.93. The topological polar surface area (TPSA) is 148 Å². The maximum Gasteiger partial charge on any atom is 0.156 e. The van der Waals surface area contributed by atoms with Crippen LogP contribution in [-0.4, -0.2) is 20.3 Å². The highest BCUT2D eigenvalue weighted by Gasteiger charge is 2.21. The number of nitrogens with zero attached hydrogens (tertiary/aromatic N) is 5. The van der Waals surface area contributed by atoms with Gasteiger partial charge in [-0.05, 0) is 23.3 Å². The zero-order valence-corrected chi connectivity index (χ0v) is 16.0. The van der Waals surface area contributed by atoms with Gasteiger partial charge in [-0.15, -0.1) is 0 Å². The first-order valence-electron chi connectivity index (χ1n) is 8.95. The Bertz CT molecular complexity index is 1370. The number of halogens is 1. The van der Waals surface area contributed by atoms with Crippen molar-refractivity contribution in [3.05, 3.63) is 72.2 Å². The number of aromatic amines is 1. The summed E-state index contributed by atoms with van der Waals surface area (Å²) in [7, 11) is 0. The number of rotatable bonds is 5. The summed E-state index contributed by atoms with van der Waals surface area (Å²) in [5.74, 6) is 4.06. The highest BCUT2D eigenvalue weighted by molar-refractivity contribution is 5.99. The highest BCUT2D eigenvalue weighted by Crippen LogP contribution is 2.37. The van der Waals surface area contributed by atoms with Gasteiger partial charge in [0.05, 0.1) is 23.2 Å². The summed E-state index contributed by atoms with van der Waals surface area (Å²) in [5.41, 5.74) is 5.87. The van der Waals surface area contributed by atoms with E-state index in [9.17, 15) is 14.8 Å². The first-order valence-corrected chi connectivity index (χ1v) is 8.95. The fourth-order valence-corrected chi connectivity index (χ4v) is 3.26. The SMILES string of the molecule is C=C(NN=NN)c1ccc(-c2c(C#N)c(-c3ccc(O)cc3F)nc3[nH]ncc23)cc1. The summed E-state index contributed by atoms with van der Waals surface area (Å²) < 4.78 is 14.6. The van der Waals surface area contributed by atoms with E-state index in [4.69, 9.17) is 5.84 Å². The number of phenols is 1. The molecule has 10 heteroatoms. The van der Waals surface area contributed by atoms with Crippen molar-refractivity contribution in [3.8, 4) is 34.2 Å². The Hall–Kier alpha value is -4.78. The number of nitrogens with one attached hydrogen (secondary N) is 2. The molecule has 152 valence electrons. The minimum Gasteiger partial charge on any atom is -0.508 e. The third kappa shape index (κ3) is 3.51. The third-order valence-corrected chi connectivity index (χ3v) is 4.68. The minimum absolute atomic E-state index is 0.0912. The Morgan fingerprint density at radius 3 is 2.71 bits per heavy atom. The van der Waals surface area contributed by atoms with Gasteiger partial charge in [-0.1, -0.05) is 41.3 Å². The van der Waals surface area contributed by atoms with E-state index < -0.39 is 5.82 Å². The van der Waals surface area contributed by atoms with E-state index in [0.717, 1.165) is 11.6 Å². The zero-order chi connectivity index (χ0) is 22.0. The zero-order valence-electron chi connectivity index (χ0n) is 16.0. The smallest absolute Gasteiger partial charge is 0.156 e. The van der Waals surface area contributed by atoms with Gasteiger partial charge in [0.15, 0.2) is 5.65 Å². The molecule has 2 aromatic carbocycles. The summed E-state index contributed by atoms with van der Waals surface area (Å²) >= 11 is 0. The van der Waals surface area contributed by atoms with E-state index in [-0.39, 0.29) is 22.6 Å². The van der Waals surface area contributed by atoms with Gasteiger partial charge in [0, 0.05) is 22.6 Å². The van der Waals surface area contributed by atoms with E-state index in [2.05, 4.69) is 43.7 Å². The molecule has 0 radical (unpaired) electrons. The molecule has 5 N–H and O–H groups in total. The second-order valence-corrected chi connectivity index (χ2v) is 6.50. The van der Waals surface area contributed by atoms with Crippen LogP contribution in [0.3, 0.4) is 0 Å². The van der Waals surface area contributed by atoms with Gasteiger partial charge in [-0.3, -0.25) is 10.5 Å². The second kappa shape index (κ2) is 7.92. The lowest BCUT2D eigenvalue weighted by Crippen LogP contribution is -2.03. The van der Waals surface area contributed by atoms with Gasteiger partial charge in [-0.2, -0.15) is 10.4 Å². The summed E-state index contributed by atoms with van der Waals surface area (Å²) in [6.45, 7) is 3.85. The van der Waals surface area contributed by atoms with E-state index in [1.165, 1.54) is 12.1 Å². The Balaban J connectivity index is 1.91. The first kappa shape index (κ1) is 19.5. The van der Waals surface area contributed by atoms with Crippen LogP contribution in [0.5, 0.6) is 5.75 Å². The molecule has 0 fully saturated rings. The summed E-state index contributed by atoms with van der Waals surface area (Å²) in [5, 5.41) is 33.5. The fraction of sp³-hybridized carbons (Fsp3) is 0. The summed E-state index contributed by atoms with van der Waals surface area (Å²) in [6, 6.07) is 13.0. The van der Waals surface area contributed by atoms with E-state index in [1.54, 1.807) is 30.5 Å². The molecule has 0 unspecified atom stereocenters. The molecule has 0 saturated heterocycles. The van der Waals surface area contributed by atoms with Crippen molar-refractivity contribution in [3.63, 3.8) is 0 Å². The number of nitrogens with two attached hydrogens (primary N) is 1. The average molecular weight is 414 g/mol. The van der Waals surface area contributed by atoms with Crippen molar-refractivity contribution in [1.82, 2.24) is 20.6 Å². The predicted octanol–water partition coefficient (Wildman–Crippen LogP) is 3.81. The van der Waals surface area contributed by atoms with Crippen molar-refractivity contribution in [2.24, 2.45) is 16.3 Å². The van der Waals surface area contributed by atoms with Crippen LogP contribution in [0.4, 0.5) is 4.39 Å². The first-order chi connectivity index (χ1) is 15.0. The number of phenolic OH excluding ortho intramolecular Hbond substituents is 1. The number of aromatic hydroxyl groups is 1. The molecule has 0 bridgehead atoms.